The summed E-state index contributed by atoms with van der Waals surface area (Å²) in [7, 11) is 0. The molecule has 1 amide bonds. The van der Waals surface area contributed by atoms with E-state index in [1.807, 2.05) is 0 Å². The summed E-state index contributed by atoms with van der Waals surface area (Å²) in [6.45, 7) is 8.58. The van der Waals surface area contributed by atoms with E-state index in [1.54, 1.807) is 0 Å². The number of hydrogen-bond donors (Lipinski definition) is 2. The van der Waals surface area contributed by atoms with Gasteiger partial charge in [-0.15, -0.1) is 0 Å². The second-order valence-corrected chi connectivity index (χ2v) is 7.33. The Morgan fingerprint density at radius 2 is 1.89 bits per heavy atom. The number of amides is 1. The Morgan fingerprint density at radius 1 is 1.32 bits per heavy atom. The molecule has 0 spiro atoms. The maximum atomic E-state index is 12.0. The number of carbonyl (C=O) groups is 2. The molecule has 1 saturated carbocycles. The highest BCUT2D eigenvalue weighted by atomic mass is 16.4. The summed E-state index contributed by atoms with van der Waals surface area (Å²) in [6, 6.07) is 0. The first kappa shape index (κ1) is 16.0. The molecule has 4 heteroatoms. The van der Waals surface area contributed by atoms with Crippen LogP contribution in [0.25, 0.3) is 0 Å². The van der Waals surface area contributed by atoms with Crippen LogP contribution < -0.4 is 5.32 Å². The minimum atomic E-state index is -0.831. The summed E-state index contributed by atoms with van der Waals surface area (Å²) in [5.74, 6) is -0.512. The highest BCUT2D eigenvalue weighted by Crippen LogP contribution is 2.35. The van der Waals surface area contributed by atoms with Gasteiger partial charge in [0.1, 0.15) is 0 Å². The van der Waals surface area contributed by atoms with Gasteiger partial charge in [0, 0.05) is 6.42 Å². The summed E-state index contributed by atoms with van der Waals surface area (Å²) in [5, 5.41) is 11.9. The van der Waals surface area contributed by atoms with Crippen LogP contribution in [0, 0.1) is 11.3 Å². The molecule has 0 aromatic rings. The highest BCUT2D eigenvalue weighted by molar-refractivity contribution is 5.78. The Hall–Kier alpha value is -1.06. The molecule has 0 aromatic heterocycles. The van der Waals surface area contributed by atoms with Gasteiger partial charge in [0.2, 0.25) is 5.91 Å². The van der Waals surface area contributed by atoms with Crippen molar-refractivity contribution in [1.82, 2.24) is 5.32 Å². The van der Waals surface area contributed by atoms with Crippen LogP contribution in [-0.4, -0.2) is 22.5 Å². The molecule has 0 bridgehead atoms. The Balaban J connectivity index is 2.43. The summed E-state index contributed by atoms with van der Waals surface area (Å²) >= 11 is 0. The van der Waals surface area contributed by atoms with Crippen molar-refractivity contribution in [2.45, 2.75) is 71.8 Å². The van der Waals surface area contributed by atoms with Crippen molar-refractivity contribution in [2.24, 2.45) is 11.3 Å². The summed E-state index contributed by atoms with van der Waals surface area (Å²) < 4.78 is 0. The second kappa shape index (κ2) is 5.93. The van der Waals surface area contributed by atoms with E-state index in [0.717, 1.165) is 25.7 Å². The number of hydrogen-bond acceptors (Lipinski definition) is 2. The monoisotopic (exact) mass is 269 g/mol. The van der Waals surface area contributed by atoms with Gasteiger partial charge in [-0.2, -0.15) is 0 Å². The molecule has 0 aliphatic heterocycles. The zero-order valence-corrected chi connectivity index (χ0v) is 12.6. The third-order valence-corrected chi connectivity index (χ3v) is 3.70. The predicted octanol–water partition coefficient (Wildman–Crippen LogP) is 2.96. The molecule has 1 unspecified atom stereocenters. The summed E-state index contributed by atoms with van der Waals surface area (Å²) in [5.41, 5.74) is -0.251. The van der Waals surface area contributed by atoms with Crippen molar-refractivity contribution in [3.63, 3.8) is 0 Å². The first-order valence-electron chi connectivity index (χ1n) is 7.15. The average molecular weight is 269 g/mol. The van der Waals surface area contributed by atoms with Gasteiger partial charge in [-0.3, -0.25) is 9.59 Å². The van der Waals surface area contributed by atoms with Crippen molar-refractivity contribution < 1.29 is 14.7 Å². The smallest absolute Gasteiger partial charge is 0.305 e. The zero-order chi connectivity index (χ0) is 14.7. The molecule has 1 fully saturated rings. The fourth-order valence-corrected chi connectivity index (χ4v) is 3.02. The van der Waals surface area contributed by atoms with Crippen molar-refractivity contribution in [3.05, 3.63) is 0 Å². The lowest BCUT2D eigenvalue weighted by molar-refractivity contribution is -0.140. The van der Waals surface area contributed by atoms with E-state index in [1.165, 1.54) is 0 Å². The lowest BCUT2D eigenvalue weighted by atomic mass is 9.74. The Bertz CT molecular complexity index is 340. The zero-order valence-electron chi connectivity index (χ0n) is 12.6. The SMILES string of the molecule is CC(CC(=O)NC1(CC(=O)O)CCC1)CC(C)(C)C. The van der Waals surface area contributed by atoms with Gasteiger partial charge in [-0.1, -0.05) is 27.7 Å². The third kappa shape index (κ3) is 5.62. The number of rotatable bonds is 6. The molecule has 1 aliphatic carbocycles. The number of carboxylic acid groups (broad SMARTS) is 1. The molecule has 0 aromatic carbocycles. The van der Waals surface area contributed by atoms with E-state index in [4.69, 9.17) is 5.11 Å². The summed E-state index contributed by atoms with van der Waals surface area (Å²) in [6.07, 6.45) is 4.11. The van der Waals surface area contributed by atoms with Gasteiger partial charge in [0.05, 0.1) is 12.0 Å². The molecule has 4 nitrogen and oxygen atoms in total. The van der Waals surface area contributed by atoms with E-state index in [0.29, 0.717) is 12.3 Å². The number of nitrogens with one attached hydrogen (secondary N) is 1. The van der Waals surface area contributed by atoms with Crippen LogP contribution in [0.5, 0.6) is 0 Å². The summed E-state index contributed by atoms with van der Waals surface area (Å²) in [4.78, 5) is 22.9. The first-order valence-corrected chi connectivity index (χ1v) is 7.15. The molecular weight excluding hydrogens is 242 g/mol. The molecule has 1 rings (SSSR count). The van der Waals surface area contributed by atoms with Gasteiger partial charge in [-0.05, 0) is 37.0 Å². The van der Waals surface area contributed by atoms with E-state index in [-0.39, 0.29) is 17.7 Å². The van der Waals surface area contributed by atoms with Crippen LogP contribution in [0.4, 0.5) is 0 Å². The fourth-order valence-electron chi connectivity index (χ4n) is 3.02. The fraction of sp³-hybridized carbons (Fsp3) is 0.867. The molecule has 2 N–H and O–H groups in total. The van der Waals surface area contributed by atoms with Crippen LogP contribution in [-0.2, 0) is 9.59 Å². The van der Waals surface area contributed by atoms with Gasteiger partial charge in [0.15, 0.2) is 0 Å². The van der Waals surface area contributed by atoms with Crippen LogP contribution in [0.15, 0.2) is 0 Å². The number of carbonyl (C=O) groups excluding carboxylic acids is 1. The second-order valence-electron chi connectivity index (χ2n) is 7.33. The molecule has 1 aliphatic rings. The normalized spacial score (nSPS) is 19.4. The number of carboxylic acids is 1. The lowest BCUT2D eigenvalue weighted by Crippen LogP contribution is -2.54. The quantitative estimate of drug-likeness (QED) is 0.779. The first-order chi connectivity index (χ1) is 8.62. The Labute approximate surface area is 116 Å². The molecule has 0 radical (unpaired) electrons. The van der Waals surface area contributed by atoms with Gasteiger partial charge < -0.3 is 10.4 Å². The molecule has 0 saturated heterocycles. The third-order valence-electron chi connectivity index (χ3n) is 3.70. The van der Waals surface area contributed by atoms with Crippen LogP contribution >= 0.6 is 0 Å². The molecule has 110 valence electrons. The minimum Gasteiger partial charge on any atom is -0.481 e. The van der Waals surface area contributed by atoms with Gasteiger partial charge >= 0.3 is 5.97 Å². The van der Waals surface area contributed by atoms with Crippen molar-refractivity contribution in [2.75, 3.05) is 0 Å². The van der Waals surface area contributed by atoms with E-state index < -0.39 is 11.5 Å². The topological polar surface area (TPSA) is 66.4 Å². The van der Waals surface area contributed by atoms with Crippen molar-refractivity contribution in [1.29, 1.82) is 0 Å². The van der Waals surface area contributed by atoms with E-state index in [9.17, 15) is 9.59 Å². The molecule has 19 heavy (non-hydrogen) atoms. The van der Waals surface area contributed by atoms with Crippen molar-refractivity contribution >= 4 is 11.9 Å². The standard InChI is InChI=1S/C15H27NO3/c1-11(9-14(2,3)4)8-12(17)16-15(6-5-7-15)10-13(18)19/h11H,5-10H2,1-4H3,(H,16,17)(H,18,19). The Morgan fingerprint density at radius 3 is 2.26 bits per heavy atom. The predicted molar refractivity (Wildman–Crippen MR) is 74.8 cm³/mol. The minimum absolute atomic E-state index is 0.00213. The largest absolute Gasteiger partial charge is 0.481 e. The van der Waals surface area contributed by atoms with Crippen LogP contribution in [0.3, 0.4) is 0 Å². The Kier molecular flexibility index (Phi) is 4.99. The molecular formula is C15H27NO3. The maximum Gasteiger partial charge on any atom is 0.305 e. The lowest BCUT2D eigenvalue weighted by Gasteiger charge is -2.41. The van der Waals surface area contributed by atoms with Crippen LogP contribution in [0.2, 0.25) is 0 Å². The van der Waals surface area contributed by atoms with E-state index in [2.05, 4.69) is 33.0 Å². The van der Waals surface area contributed by atoms with Gasteiger partial charge in [-0.25, -0.2) is 0 Å². The number of aliphatic carboxylic acids is 1. The van der Waals surface area contributed by atoms with Crippen LogP contribution in [0.1, 0.15) is 66.2 Å². The molecule has 0 heterocycles. The van der Waals surface area contributed by atoms with E-state index >= 15 is 0 Å². The average Bonchev–Trinajstić information content (AvgIpc) is 2.09. The molecule has 1 atom stereocenters. The van der Waals surface area contributed by atoms with Gasteiger partial charge in [0.25, 0.3) is 0 Å². The highest BCUT2D eigenvalue weighted by Gasteiger charge is 2.40. The maximum absolute atomic E-state index is 12.0. The van der Waals surface area contributed by atoms with Crippen molar-refractivity contribution in [3.8, 4) is 0 Å².